The molecule has 5 heteroatoms. The van der Waals surface area contributed by atoms with Gasteiger partial charge in [-0.05, 0) is 3.91 Å². The molecule has 11 radical (unpaired) electrons. The van der Waals surface area contributed by atoms with Gasteiger partial charge in [0.2, 0.25) is 0 Å². The van der Waals surface area contributed by atoms with E-state index in [0.29, 0.717) is 0 Å². The van der Waals surface area contributed by atoms with E-state index in [1.54, 1.807) is 0 Å². The van der Waals surface area contributed by atoms with Crippen LogP contribution in [0.5, 0.6) is 0 Å². The summed E-state index contributed by atoms with van der Waals surface area (Å²) in [6.07, 6.45) is 0. The average molecular weight is 143 g/mol. The zero-order chi connectivity index (χ0) is 5.21. The third-order valence-electron chi connectivity index (χ3n) is 0.142. The predicted molar refractivity (Wildman–Crippen MR) is 26.8 cm³/mol. The molecule has 0 heterocycles. The smallest absolute Gasteiger partial charge is 0.290 e. The van der Waals surface area contributed by atoms with E-state index in [0.717, 1.165) is 0 Å². The molecule has 0 N–H and O–H groups in total. The van der Waals surface area contributed by atoms with Crippen LogP contribution in [0.4, 0.5) is 4.11 Å². The van der Waals surface area contributed by atoms with Crippen molar-refractivity contribution in [1.82, 2.24) is 0 Å². The van der Waals surface area contributed by atoms with E-state index in [9.17, 15) is 4.11 Å². The highest BCUT2D eigenvalue weighted by Gasteiger charge is 2.11. The van der Waals surface area contributed by atoms with Gasteiger partial charge in [-0.25, -0.2) is 0 Å². The molecular weight excluding hydrogens is 143 g/mol. The maximum absolute atomic E-state index is 11.4. The summed E-state index contributed by atoms with van der Waals surface area (Å²) in [6.45, 7) is 0. The van der Waals surface area contributed by atoms with E-state index in [4.69, 9.17) is 0 Å². The molecule has 0 spiro atoms. The van der Waals surface area contributed by atoms with Crippen LogP contribution in [0.1, 0.15) is 0 Å². The van der Waals surface area contributed by atoms with Crippen LogP contribution in [-0.2, 0) is 0 Å². The summed E-state index contributed by atoms with van der Waals surface area (Å²) < 4.78 is 10.7. The van der Waals surface area contributed by atoms with Crippen molar-refractivity contribution >= 4 is 40.6 Å². The molecule has 0 saturated carbocycles. The summed E-state index contributed by atoms with van der Waals surface area (Å²) in [5, 5.41) is 0. The van der Waals surface area contributed by atoms with Crippen molar-refractivity contribution in [1.29, 1.82) is 0 Å². The molecule has 6 heavy (non-hydrogen) atoms. The topological polar surface area (TPSA) is 0 Å². The molecule has 0 rings (SSSR count). The third kappa shape index (κ3) is 4.80. The van der Waals surface area contributed by atoms with Crippen molar-refractivity contribution in [2.24, 2.45) is 0 Å². The van der Waals surface area contributed by atoms with E-state index in [-0.39, 0.29) is 0 Å². The van der Waals surface area contributed by atoms with E-state index >= 15 is 0 Å². The van der Waals surface area contributed by atoms with Gasteiger partial charge >= 0.3 is 0 Å². The molecule has 0 nitrogen and oxygen atoms in total. The van der Waals surface area contributed by atoms with Crippen LogP contribution >= 0.6 is 0 Å². The molecule has 0 aromatic carbocycles. The zero-order valence-corrected chi connectivity index (χ0v) is 6.88. The summed E-state index contributed by atoms with van der Waals surface area (Å²) in [5.41, 5.74) is 0. The maximum atomic E-state index is 11.4. The first-order valence-electron chi connectivity index (χ1n) is 1.19. The Morgan fingerprint density at radius 1 is 1.33 bits per heavy atom. The Hall–Kier alpha value is 0.798. The largest absolute Gasteiger partial charge is 0.316 e. The number of rotatable bonds is 1. The molecule has 0 atom stereocenters. The van der Waals surface area contributed by atoms with Crippen molar-refractivity contribution in [3.05, 3.63) is 0 Å². The molecule has 27 valence electrons. The van der Waals surface area contributed by atoms with Crippen molar-refractivity contribution in [3.63, 3.8) is 0 Å². The number of hydrogen-bond donors (Lipinski definition) is 0. The Morgan fingerprint density at radius 3 is 1.50 bits per heavy atom. The lowest BCUT2D eigenvalue weighted by Crippen LogP contribution is -2.17. The molecular formula is CFSi4. The third-order valence-corrected chi connectivity index (χ3v) is 1.28. The minimum Gasteiger partial charge on any atom is -0.316 e. The normalized spacial score (nSPS) is 12.0. The molecule has 0 saturated heterocycles. The van der Waals surface area contributed by atoms with Gasteiger partial charge < -0.3 is 4.11 Å². The van der Waals surface area contributed by atoms with Crippen LogP contribution < -0.4 is 0 Å². The number of halogens is 1. The second-order valence-corrected chi connectivity index (χ2v) is 7.03. The standard InChI is InChI=1S/CFSi4/c2-6-1(3,4)5. The fourth-order valence-electron chi connectivity index (χ4n) is 0. The van der Waals surface area contributed by atoms with Crippen LogP contribution in [0.2, 0.25) is 3.91 Å². The van der Waals surface area contributed by atoms with Gasteiger partial charge in [0.1, 0.15) is 0 Å². The zero-order valence-electron chi connectivity index (χ0n) is 2.88. The van der Waals surface area contributed by atoms with Gasteiger partial charge in [-0.2, -0.15) is 0 Å². The van der Waals surface area contributed by atoms with Gasteiger partial charge in [0.25, 0.3) is 9.85 Å². The second-order valence-electron chi connectivity index (χ2n) is 0.844. The highest BCUT2D eigenvalue weighted by Crippen LogP contribution is 2.03. The molecule has 0 unspecified atom stereocenters. The Kier molecular flexibility index (Phi) is 2.49. The average Bonchev–Trinajstić information content (AvgIpc) is 1.35. The first-order valence-corrected chi connectivity index (χ1v) is 3.57. The summed E-state index contributed by atoms with van der Waals surface area (Å²) in [6, 6.07) is 0. The van der Waals surface area contributed by atoms with E-state index in [2.05, 4.69) is 30.7 Å². The Bertz CT molecular complexity index is 37.3. The molecule has 0 aliphatic carbocycles. The SMILES string of the molecule is F[Si]C([Si])([Si])[Si]. The monoisotopic (exact) mass is 143 g/mol. The lowest BCUT2D eigenvalue weighted by molar-refractivity contribution is 0.863. The first kappa shape index (κ1) is 6.80. The predicted octanol–water partition coefficient (Wildman–Crippen LogP) is -0.888. The Morgan fingerprint density at radius 2 is 1.50 bits per heavy atom. The lowest BCUT2D eigenvalue weighted by Gasteiger charge is -2.05. The molecule has 0 bridgehead atoms. The van der Waals surface area contributed by atoms with Gasteiger partial charge in [-0.1, -0.05) is 0 Å². The Balaban J connectivity index is 3.17. The maximum Gasteiger partial charge on any atom is 0.290 e. The summed E-state index contributed by atoms with van der Waals surface area (Å²) in [5.74, 6) is 0. The highest BCUT2D eigenvalue weighted by atomic mass is 28.4. The molecule has 0 aliphatic rings. The summed E-state index contributed by atoms with van der Waals surface area (Å²) >= 11 is 0. The fourth-order valence-corrected chi connectivity index (χ4v) is 0. The molecule has 0 amide bonds. The van der Waals surface area contributed by atoms with Crippen LogP contribution in [0.3, 0.4) is 0 Å². The van der Waals surface area contributed by atoms with Gasteiger partial charge in [-0.3, -0.25) is 0 Å². The van der Waals surface area contributed by atoms with Crippen LogP contribution in [0.15, 0.2) is 0 Å². The second kappa shape index (κ2) is 2.19. The first-order chi connectivity index (χ1) is 2.56. The molecule has 0 aromatic heterocycles. The number of hydrogen-bond acceptors (Lipinski definition) is 0. The van der Waals surface area contributed by atoms with Crippen LogP contribution in [0, 0.1) is 0 Å². The van der Waals surface area contributed by atoms with E-state index in [1.165, 1.54) is 0 Å². The van der Waals surface area contributed by atoms with Gasteiger partial charge in [0, 0.05) is 30.7 Å². The molecule has 0 aromatic rings. The molecule has 0 fully saturated rings. The summed E-state index contributed by atoms with van der Waals surface area (Å²) in [7, 11) is 8.27. The minimum absolute atomic E-state index is 0.681. The fraction of sp³-hybridized carbons (Fsp3) is 1.00. The van der Waals surface area contributed by atoms with Crippen molar-refractivity contribution in [2.45, 2.75) is 3.91 Å². The van der Waals surface area contributed by atoms with E-state index in [1.807, 2.05) is 0 Å². The summed E-state index contributed by atoms with van der Waals surface area (Å²) in [4.78, 5) is 0. The van der Waals surface area contributed by atoms with Crippen molar-refractivity contribution < 1.29 is 4.11 Å². The van der Waals surface area contributed by atoms with Gasteiger partial charge in [0.15, 0.2) is 0 Å². The van der Waals surface area contributed by atoms with E-state index < -0.39 is 13.8 Å². The van der Waals surface area contributed by atoms with Gasteiger partial charge in [-0.15, -0.1) is 0 Å². The quantitative estimate of drug-likeness (QED) is 0.330. The van der Waals surface area contributed by atoms with Crippen LogP contribution in [-0.4, -0.2) is 40.6 Å². The highest BCUT2D eigenvalue weighted by molar-refractivity contribution is 6.79. The van der Waals surface area contributed by atoms with Gasteiger partial charge in [0.05, 0.1) is 0 Å². The Labute approximate surface area is 49.2 Å². The van der Waals surface area contributed by atoms with Crippen molar-refractivity contribution in [3.8, 4) is 0 Å². The minimum atomic E-state index is -0.692. The van der Waals surface area contributed by atoms with Crippen molar-refractivity contribution in [2.75, 3.05) is 0 Å². The van der Waals surface area contributed by atoms with Crippen LogP contribution in [0.25, 0.3) is 0 Å². The molecule has 0 aliphatic heterocycles. The lowest BCUT2D eigenvalue weighted by atomic mass is 11.8.